The number of aliphatic imine (C=N–C) groups is 2. The van der Waals surface area contributed by atoms with Crippen molar-refractivity contribution in [3.8, 4) is 0 Å². The zero-order valence-electron chi connectivity index (χ0n) is 20.9. The van der Waals surface area contributed by atoms with Crippen molar-refractivity contribution in [1.82, 2.24) is 19.6 Å². The molecule has 0 bridgehead atoms. The molecule has 1 N–H and O–H groups in total. The van der Waals surface area contributed by atoms with Gasteiger partial charge in [0.2, 0.25) is 5.91 Å². The highest BCUT2D eigenvalue weighted by Crippen LogP contribution is 2.35. The SMILES string of the molecule is O=C(CC[C@@H]1N=C2c3ccccc3N=C(SCc3cc(=O)n4ccccc4n3)N2C1=O)NC1CCCCC1. The van der Waals surface area contributed by atoms with Crippen molar-refractivity contribution in [2.45, 2.75) is 62.8 Å². The lowest BCUT2D eigenvalue weighted by atomic mass is 9.95. The number of nitrogens with one attached hydrogen (secondary N) is 1. The summed E-state index contributed by atoms with van der Waals surface area (Å²) in [6.07, 6.45) is 7.87. The van der Waals surface area contributed by atoms with Crippen LogP contribution in [-0.4, -0.2) is 49.2 Å². The van der Waals surface area contributed by atoms with Crippen LogP contribution in [0.15, 0.2) is 69.5 Å². The first-order chi connectivity index (χ1) is 18.6. The molecule has 6 rings (SSSR count). The van der Waals surface area contributed by atoms with E-state index in [0.29, 0.717) is 34.5 Å². The third kappa shape index (κ3) is 4.88. The van der Waals surface area contributed by atoms with Gasteiger partial charge in [-0.3, -0.25) is 23.8 Å². The average Bonchev–Trinajstić information content (AvgIpc) is 3.27. The van der Waals surface area contributed by atoms with Crippen molar-refractivity contribution in [2.24, 2.45) is 9.98 Å². The molecule has 2 amide bonds. The summed E-state index contributed by atoms with van der Waals surface area (Å²) in [5, 5.41) is 3.62. The molecule has 0 unspecified atom stereocenters. The number of amidine groups is 2. The molecule has 9 nitrogen and oxygen atoms in total. The fourth-order valence-corrected chi connectivity index (χ4v) is 6.11. The summed E-state index contributed by atoms with van der Waals surface area (Å²) in [5.74, 6) is 0.727. The molecule has 10 heteroatoms. The normalized spacial score (nSPS) is 19.1. The molecule has 1 atom stereocenters. The highest BCUT2D eigenvalue weighted by molar-refractivity contribution is 8.13. The summed E-state index contributed by atoms with van der Waals surface area (Å²) in [5.41, 5.74) is 2.54. The highest BCUT2D eigenvalue weighted by Gasteiger charge is 2.41. The van der Waals surface area contributed by atoms with Gasteiger partial charge in [-0.1, -0.05) is 49.2 Å². The third-order valence-electron chi connectivity index (χ3n) is 7.14. The van der Waals surface area contributed by atoms with Crippen molar-refractivity contribution in [1.29, 1.82) is 0 Å². The van der Waals surface area contributed by atoms with Gasteiger partial charge < -0.3 is 5.32 Å². The van der Waals surface area contributed by atoms with Gasteiger partial charge in [0.15, 0.2) is 5.17 Å². The number of carbonyl (C=O) groups excluding carboxylic acids is 2. The molecule has 0 saturated heterocycles. The summed E-state index contributed by atoms with van der Waals surface area (Å²) in [4.78, 5) is 54.3. The lowest BCUT2D eigenvalue weighted by Gasteiger charge is -2.25. The smallest absolute Gasteiger partial charge is 0.259 e. The van der Waals surface area contributed by atoms with E-state index in [2.05, 4.69) is 10.3 Å². The van der Waals surface area contributed by atoms with Crippen LogP contribution in [0.3, 0.4) is 0 Å². The number of amides is 2. The van der Waals surface area contributed by atoms with Crippen LogP contribution in [0, 0.1) is 0 Å². The van der Waals surface area contributed by atoms with Crippen LogP contribution in [-0.2, 0) is 15.3 Å². The number of pyridine rings is 1. The van der Waals surface area contributed by atoms with Crippen molar-refractivity contribution in [2.75, 3.05) is 0 Å². The molecule has 2 aromatic heterocycles. The lowest BCUT2D eigenvalue weighted by Crippen LogP contribution is -2.41. The zero-order valence-corrected chi connectivity index (χ0v) is 21.7. The Bertz CT molecular complexity index is 1520. The fourth-order valence-electron chi connectivity index (χ4n) is 5.22. The maximum absolute atomic E-state index is 13.5. The highest BCUT2D eigenvalue weighted by atomic mass is 32.2. The van der Waals surface area contributed by atoms with Crippen LogP contribution in [0.5, 0.6) is 0 Å². The van der Waals surface area contributed by atoms with Gasteiger partial charge in [0.1, 0.15) is 17.5 Å². The van der Waals surface area contributed by atoms with Crippen molar-refractivity contribution >= 4 is 45.9 Å². The van der Waals surface area contributed by atoms with E-state index in [1.54, 1.807) is 23.2 Å². The minimum Gasteiger partial charge on any atom is -0.353 e. The Morgan fingerprint density at radius 3 is 2.74 bits per heavy atom. The van der Waals surface area contributed by atoms with Gasteiger partial charge in [-0.15, -0.1) is 0 Å². The average molecular weight is 529 g/mol. The Labute approximate surface area is 224 Å². The van der Waals surface area contributed by atoms with Gasteiger partial charge in [0, 0.05) is 36.0 Å². The van der Waals surface area contributed by atoms with Gasteiger partial charge in [0.25, 0.3) is 11.5 Å². The lowest BCUT2D eigenvalue weighted by molar-refractivity contribution is -0.125. The van der Waals surface area contributed by atoms with Crippen LogP contribution < -0.4 is 10.9 Å². The summed E-state index contributed by atoms with van der Waals surface area (Å²) in [6.45, 7) is 0. The number of rotatable bonds is 6. The van der Waals surface area contributed by atoms with Gasteiger partial charge in [-0.2, -0.15) is 0 Å². The molecule has 2 aliphatic heterocycles. The molecule has 3 aromatic rings. The minimum absolute atomic E-state index is 0.0212. The Kier molecular flexibility index (Phi) is 6.80. The molecule has 38 heavy (non-hydrogen) atoms. The summed E-state index contributed by atoms with van der Waals surface area (Å²) < 4.78 is 1.49. The van der Waals surface area contributed by atoms with E-state index in [9.17, 15) is 14.4 Å². The molecule has 1 aliphatic carbocycles. The first-order valence-corrected chi connectivity index (χ1v) is 14.0. The fraction of sp³-hybridized carbons (Fsp3) is 0.357. The summed E-state index contributed by atoms with van der Waals surface area (Å²) >= 11 is 1.35. The topological polar surface area (TPSA) is 108 Å². The predicted molar refractivity (Wildman–Crippen MR) is 148 cm³/mol. The Morgan fingerprint density at radius 2 is 1.87 bits per heavy atom. The van der Waals surface area contributed by atoms with Crippen LogP contribution in [0.2, 0.25) is 0 Å². The van der Waals surface area contributed by atoms with E-state index in [4.69, 9.17) is 9.98 Å². The van der Waals surface area contributed by atoms with E-state index >= 15 is 0 Å². The van der Waals surface area contributed by atoms with Crippen molar-refractivity contribution < 1.29 is 9.59 Å². The molecule has 0 spiro atoms. The Hall–Kier alpha value is -3.79. The number of thioether (sulfide) groups is 1. The van der Waals surface area contributed by atoms with E-state index < -0.39 is 6.04 Å². The molecule has 0 radical (unpaired) electrons. The molecule has 1 fully saturated rings. The molecule has 1 aromatic carbocycles. The van der Waals surface area contributed by atoms with Crippen LogP contribution in [0.4, 0.5) is 5.69 Å². The maximum Gasteiger partial charge on any atom is 0.259 e. The van der Waals surface area contributed by atoms with Gasteiger partial charge >= 0.3 is 0 Å². The van der Waals surface area contributed by atoms with Crippen molar-refractivity contribution in [3.05, 3.63) is 76.3 Å². The third-order valence-corrected chi connectivity index (χ3v) is 8.11. The maximum atomic E-state index is 13.5. The second-order valence-electron chi connectivity index (χ2n) is 9.80. The van der Waals surface area contributed by atoms with Crippen molar-refractivity contribution in [3.63, 3.8) is 0 Å². The van der Waals surface area contributed by atoms with Crippen LogP contribution in [0.25, 0.3) is 5.65 Å². The van der Waals surface area contributed by atoms with E-state index in [0.717, 1.165) is 36.9 Å². The van der Waals surface area contributed by atoms with Gasteiger partial charge in [0.05, 0.1) is 11.4 Å². The summed E-state index contributed by atoms with van der Waals surface area (Å²) in [7, 11) is 0. The van der Waals surface area contributed by atoms with E-state index in [1.807, 2.05) is 30.3 Å². The molecule has 1 saturated carbocycles. The summed E-state index contributed by atoms with van der Waals surface area (Å²) in [6, 6.07) is 14.1. The standard InChI is InChI=1S/C28H28N6O3S/c35-24(30-18-8-2-1-3-9-18)14-13-22-27(37)34-26(31-22)20-10-4-5-11-21(20)32-28(34)38-17-19-16-25(36)33-15-7-6-12-23(33)29-19/h4-7,10-12,15-16,18,22H,1-3,8-9,13-14,17H2,(H,30,35)/t22-/m0/s1. The molecule has 4 heterocycles. The molecular weight excluding hydrogens is 500 g/mol. The van der Waals surface area contributed by atoms with Crippen LogP contribution in [0.1, 0.15) is 56.2 Å². The minimum atomic E-state index is -0.637. The first kappa shape index (κ1) is 24.5. The van der Waals surface area contributed by atoms with E-state index in [1.165, 1.54) is 28.6 Å². The molecule has 3 aliphatic rings. The molecule has 194 valence electrons. The number of aromatic nitrogens is 2. The monoisotopic (exact) mass is 528 g/mol. The second kappa shape index (κ2) is 10.5. The number of hydrogen-bond donors (Lipinski definition) is 1. The molecular formula is C28H28N6O3S. The quantitative estimate of drug-likeness (QED) is 0.523. The first-order valence-electron chi connectivity index (χ1n) is 13.1. The number of para-hydroxylation sites is 1. The Morgan fingerprint density at radius 1 is 1.05 bits per heavy atom. The Balaban J connectivity index is 1.19. The van der Waals surface area contributed by atoms with Gasteiger partial charge in [-0.05, 0) is 43.5 Å². The van der Waals surface area contributed by atoms with E-state index in [-0.39, 0.29) is 29.8 Å². The number of hydrogen-bond acceptors (Lipinski definition) is 7. The number of fused-ring (bicyclic) bond motifs is 4. The number of carbonyl (C=O) groups is 2. The predicted octanol–water partition coefficient (Wildman–Crippen LogP) is 3.82. The number of nitrogens with zero attached hydrogens (tertiary/aromatic N) is 5. The number of benzene rings is 1. The zero-order chi connectivity index (χ0) is 26.1. The van der Waals surface area contributed by atoms with Gasteiger partial charge in [-0.25, -0.2) is 14.9 Å². The largest absolute Gasteiger partial charge is 0.353 e. The second-order valence-corrected chi connectivity index (χ2v) is 10.7. The van der Waals surface area contributed by atoms with Crippen LogP contribution >= 0.6 is 11.8 Å².